The van der Waals surface area contributed by atoms with Crippen LogP contribution in [0.2, 0.25) is 0 Å². The number of hydrogen-bond donors (Lipinski definition) is 5. The number of aldehydes is 1. The molecule has 222 valence electrons. The minimum absolute atomic E-state index is 0.0202. The van der Waals surface area contributed by atoms with Gasteiger partial charge in [-0.3, -0.25) is 9.63 Å². The number of hydrazine groups is 1. The normalized spacial score (nSPS) is 12.3. The second kappa shape index (κ2) is 23.1. The molecule has 13 nitrogen and oxygen atoms in total. The lowest BCUT2D eigenvalue weighted by molar-refractivity contribution is -0.137. The van der Waals surface area contributed by atoms with E-state index in [4.69, 9.17) is 45.6 Å². The molecule has 0 bridgehead atoms. The first-order chi connectivity index (χ1) is 18.9. The Balaban J connectivity index is 2.05. The molecule has 0 saturated heterocycles. The molecule has 1 unspecified atom stereocenters. The summed E-state index contributed by atoms with van der Waals surface area (Å²) in [5.41, 5.74) is 10.1. The second-order valence-electron chi connectivity index (χ2n) is 8.49. The fourth-order valence-corrected chi connectivity index (χ4v) is 3.29. The number of hydroxylamine groups is 1. The van der Waals surface area contributed by atoms with Crippen LogP contribution in [0.4, 0.5) is 0 Å². The van der Waals surface area contributed by atoms with E-state index in [2.05, 4.69) is 5.48 Å². The van der Waals surface area contributed by atoms with Gasteiger partial charge in [0.25, 0.3) is 0 Å². The van der Waals surface area contributed by atoms with E-state index in [9.17, 15) is 9.59 Å². The van der Waals surface area contributed by atoms with E-state index in [-0.39, 0.29) is 19.6 Å². The Morgan fingerprint density at radius 1 is 1.03 bits per heavy atom. The van der Waals surface area contributed by atoms with Gasteiger partial charge in [-0.1, -0.05) is 12.1 Å². The summed E-state index contributed by atoms with van der Waals surface area (Å²) in [6.07, 6.45) is 3.69. The van der Waals surface area contributed by atoms with Crippen LogP contribution >= 0.6 is 0 Å². The predicted molar refractivity (Wildman–Crippen MR) is 143 cm³/mol. The number of carbonyl (C=O) groups is 2. The van der Waals surface area contributed by atoms with Crippen molar-refractivity contribution in [2.45, 2.75) is 38.2 Å². The minimum atomic E-state index is -0.885. The van der Waals surface area contributed by atoms with Gasteiger partial charge < -0.3 is 44.7 Å². The summed E-state index contributed by atoms with van der Waals surface area (Å²) in [5.74, 6) is 5.81. The fourth-order valence-electron chi connectivity index (χ4n) is 3.29. The van der Waals surface area contributed by atoms with E-state index in [1.807, 2.05) is 24.3 Å². The zero-order valence-electron chi connectivity index (χ0n) is 22.5. The molecule has 1 atom stereocenters. The molecule has 7 N–H and O–H groups in total. The maximum Gasteiger partial charge on any atom is 0.303 e. The van der Waals surface area contributed by atoms with Crippen LogP contribution in [-0.2, 0) is 35.1 Å². The quantitative estimate of drug-likeness (QED) is 0.0456. The highest BCUT2D eigenvalue weighted by Gasteiger charge is 2.13. The van der Waals surface area contributed by atoms with Crippen molar-refractivity contribution >= 4 is 12.3 Å². The Kier molecular flexibility index (Phi) is 20.3. The Labute approximate surface area is 229 Å². The van der Waals surface area contributed by atoms with Crippen molar-refractivity contribution in [2.24, 2.45) is 11.6 Å². The van der Waals surface area contributed by atoms with Crippen molar-refractivity contribution in [3.63, 3.8) is 0 Å². The van der Waals surface area contributed by atoms with Crippen LogP contribution in [0.3, 0.4) is 0 Å². The number of nitrogens with zero attached hydrogens (tertiary/aromatic N) is 1. The SMILES string of the molecule is N/C(=C\N(N)CCOCCOCCOCCOc1ccc(CCO)cc1)CC(CCCC(=O)O)ONCC=O. The molecule has 0 aliphatic rings. The molecule has 0 aliphatic carbocycles. The molecule has 1 rings (SSSR count). The van der Waals surface area contributed by atoms with E-state index >= 15 is 0 Å². The minimum Gasteiger partial charge on any atom is -0.491 e. The average Bonchev–Trinajstić information content (AvgIpc) is 2.90. The first kappa shape index (κ1) is 34.2. The third-order valence-corrected chi connectivity index (χ3v) is 5.19. The molecule has 0 fully saturated rings. The van der Waals surface area contributed by atoms with Crippen molar-refractivity contribution in [1.29, 1.82) is 0 Å². The van der Waals surface area contributed by atoms with Gasteiger partial charge in [0.1, 0.15) is 18.6 Å². The van der Waals surface area contributed by atoms with Crippen LogP contribution in [0.5, 0.6) is 5.75 Å². The highest BCUT2D eigenvalue weighted by atomic mass is 16.7. The maximum absolute atomic E-state index is 10.7. The van der Waals surface area contributed by atoms with Gasteiger partial charge in [0.2, 0.25) is 0 Å². The molecule has 39 heavy (non-hydrogen) atoms. The van der Waals surface area contributed by atoms with Crippen molar-refractivity contribution in [2.75, 3.05) is 65.9 Å². The topological polar surface area (TPSA) is 188 Å². The number of carboxylic acid groups (broad SMARTS) is 1. The first-order valence-electron chi connectivity index (χ1n) is 13.0. The molecule has 13 heteroatoms. The van der Waals surface area contributed by atoms with E-state index < -0.39 is 12.1 Å². The third kappa shape index (κ3) is 19.9. The number of aliphatic hydroxyl groups excluding tert-OH is 1. The van der Waals surface area contributed by atoms with E-state index in [1.165, 1.54) is 5.01 Å². The molecule has 0 saturated carbocycles. The molecule has 0 spiro atoms. The summed E-state index contributed by atoms with van der Waals surface area (Å²) in [6, 6.07) is 7.60. The zero-order chi connectivity index (χ0) is 28.6. The molecule has 1 aromatic rings. The van der Waals surface area contributed by atoms with E-state index in [0.29, 0.717) is 90.5 Å². The van der Waals surface area contributed by atoms with Gasteiger partial charge in [0.05, 0.1) is 58.8 Å². The third-order valence-electron chi connectivity index (χ3n) is 5.19. The fraction of sp³-hybridized carbons (Fsp3) is 0.615. The number of ether oxygens (including phenoxy) is 4. The van der Waals surface area contributed by atoms with Gasteiger partial charge in [-0.2, -0.15) is 5.48 Å². The smallest absolute Gasteiger partial charge is 0.303 e. The Hall–Kier alpha value is -2.78. The van der Waals surface area contributed by atoms with Crippen LogP contribution < -0.4 is 21.8 Å². The summed E-state index contributed by atoms with van der Waals surface area (Å²) in [6.45, 7) is 3.54. The number of benzene rings is 1. The van der Waals surface area contributed by atoms with Crippen LogP contribution in [0.1, 0.15) is 31.2 Å². The maximum atomic E-state index is 10.7. The lowest BCUT2D eigenvalue weighted by Crippen LogP contribution is -2.32. The highest BCUT2D eigenvalue weighted by molar-refractivity contribution is 5.66. The van der Waals surface area contributed by atoms with Crippen LogP contribution in [0.15, 0.2) is 36.2 Å². The lowest BCUT2D eigenvalue weighted by atomic mass is 10.1. The standard InChI is InChI=1S/C26H44N4O9/c27-23(20-25(39-29-9-12-32)2-1-3-26(33)34)21-30(28)10-13-35-14-15-36-16-17-37-18-19-38-24-6-4-22(5-7-24)8-11-31/h4-7,12,21,25,29,31H,1-3,8-11,13-20,27-28H2,(H,33,34)/b23-21-. The van der Waals surface area contributed by atoms with Gasteiger partial charge in [-0.15, -0.1) is 0 Å². The predicted octanol–water partition coefficient (Wildman–Crippen LogP) is 0.360. The molecule has 1 aromatic carbocycles. The van der Waals surface area contributed by atoms with Gasteiger partial charge in [0.15, 0.2) is 0 Å². The summed E-state index contributed by atoms with van der Waals surface area (Å²) >= 11 is 0. The van der Waals surface area contributed by atoms with Crippen molar-refractivity contribution in [1.82, 2.24) is 10.5 Å². The molecule has 0 aromatic heterocycles. The number of rotatable bonds is 26. The van der Waals surface area contributed by atoms with E-state index in [1.54, 1.807) is 6.20 Å². The molecule has 0 radical (unpaired) electrons. The first-order valence-corrected chi connectivity index (χ1v) is 13.0. The lowest BCUT2D eigenvalue weighted by Gasteiger charge is -2.19. The largest absolute Gasteiger partial charge is 0.491 e. The summed E-state index contributed by atoms with van der Waals surface area (Å²) in [5, 5.41) is 19.1. The van der Waals surface area contributed by atoms with Gasteiger partial charge in [0, 0.05) is 31.3 Å². The number of aliphatic carboxylic acids is 1. The molecule has 0 heterocycles. The number of hydrogen-bond acceptors (Lipinski definition) is 12. The van der Waals surface area contributed by atoms with Crippen molar-refractivity contribution in [3.8, 4) is 5.75 Å². The number of aliphatic hydroxyl groups is 1. The summed E-state index contributed by atoms with van der Waals surface area (Å²) < 4.78 is 22.1. The van der Waals surface area contributed by atoms with Crippen molar-refractivity contribution < 1.29 is 43.6 Å². The van der Waals surface area contributed by atoms with E-state index in [0.717, 1.165) is 11.3 Å². The number of nitrogens with two attached hydrogens (primary N) is 2. The van der Waals surface area contributed by atoms with Crippen molar-refractivity contribution in [3.05, 3.63) is 41.7 Å². The van der Waals surface area contributed by atoms with Gasteiger partial charge >= 0.3 is 5.97 Å². The van der Waals surface area contributed by atoms with Crippen LogP contribution in [0, 0.1) is 0 Å². The summed E-state index contributed by atoms with van der Waals surface area (Å²) in [4.78, 5) is 26.6. The Morgan fingerprint density at radius 2 is 1.67 bits per heavy atom. The monoisotopic (exact) mass is 556 g/mol. The molecular formula is C26H44N4O9. The number of carbonyl (C=O) groups excluding carboxylic acids is 1. The van der Waals surface area contributed by atoms with Gasteiger partial charge in [-0.25, -0.2) is 5.84 Å². The molecule has 0 aliphatic heterocycles. The van der Waals surface area contributed by atoms with Crippen LogP contribution in [-0.4, -0.2) is 99.5 Å². The van der Waals surface area contributed by atoms with Crippen LogP contribution in [0.25, 0.3) is 0 Å². The molecule has 0 amide bonds. The highest BCUT2D eigenvalue weighted by Crippen LogP contribution is 2.13. The number of carboxylic acids is 1. The summed E-state index contributed by atoms with van der Waals surface area (Å²) in [7, 11) is 0. The molecular weight excluding hydrogens is 512 g/mol. The number of nitrogens with one attached hydrogen (secondary N) is 1. The van der Waals surface area contributed by atoms with Gasteiger partial charge in [-0.05, 0) is 37.0 Å². The zero-order valence-corrected chi connectivity index (χ0v) is 22.5. The Bertz CT molecular complexity index is 796. The Morgan fingerprint density at radius 3 is 2.28 bits per heavy atom. The average molecular weight is 557 g/mol. The second-order valence-corrected chi connectivity index (χ2v) is 8.49.